The highest BCUT2D eigenvalue weighted by Crippen LogP contribution is 2.43. The second kappa shape index (κ2) is 12.3. The van der Waals surface area contributed by atoms with E-state index in [1.54, 1.807) is 26.0 Å². The molecule has 2 unspecified atom stereocenters. The molecule has 1 aliphatic heterocycles. The molecule has 0 fully saturated rings. The molecule has 0 aliphatic carbocycles. The van der Waals surface area contributed by atoms with Gasteiger partial charge in [-0.15, -0.1) is 0 Å². The van der Waals surface area contributed by atoms with Gasteiger partial charge in [0.05, 0.1) is 37.4 Å². The van der Waals surface area contributed by atoms with Gasteiger partial charge in [0.15, 0.2) is 17.4 Å². The summed E-state index contributed by atoms with van der Waals surface area (Å²) in [5, 5.41) is 0. The van der Waals surface area contributed by atoms with E-state index in [4.69, 9.17) is 23.9 Å². The molecule has 0 saturated carbocycles. The molecule has 0 radical (unpaired) electrons. The quantitative estimate of drug-likeness (QED) is 0.194. The molecule has 1 amide bonds. The average molecular weight is 524 g/mol. The molecule has 3 aromatic rings. The number of para-hydroxylation sites is 2. The highest BCUT2D eigenvalue weighted by molar-refractivity contribution is 6.08. The first-order chi connectivity index (χ1) is 18.4. The van der Waals surface area contributed by atoms with E-state index < -0.39 is 17.9 Å². The van der Waals surface area contributed by atoms with E-state index in [9.17, 15) is 9.59 Å². The van der Waals surface area contributed by atoms with E-state index in [1.165, 1.54) is 0 Å². The van der Waals surface area contributed by atoms with Crippen molar-refractivity contribution in [3.63, 3.8) is 0 Å². The summed E-state index contributed by atoms with van der Waals surface area (Å²) in [5.41, 5.74) is 2.29. The maximum atomic E-state index is 14.0. The number of anilines is 1. The van der Waals surface area contributed by atoms with Gasteiger partial charge in [-0.05, 0) is 55.5 Å². The summed E-state index contributed by atoms with van der Waals surface area (Å²) >= 11 is 0. The summed E-state index contributed by atoms with van der Waals surface area (Å²) in [4.78, 5) is 33.7. The molecule has 0 bridgehead atoms. The lowest BCUT2D eigenvalue weighted by Crippen LogP contribution is -2.50. The molecule has 1 aromatic heterocycles. The smallest absolute Gasteiger partial charge is 0.321 e. The lowest BCUT2D eigenvalue weighted by Gasteiger charge is -2.38. The van der Waals surface area contributed by atoms with Crippen LogP contribution in [0.4, 0.5) is 5.95 Å². The molecule has 9 nitrogen and oxygen atoms in total. The van der Waals surface area contributed by atoms with Crippen LogP contribution in [0.15, 0.2) is 42.5 Å². The van der Waals surface area contributed by atoms with Crippen LogP contribution in [0.3, 0.4) is 0 Å². The number of methoxy groups -OCH3 is 2. The van der Waals surface area contributed by atoms with Crippen molar-refractivity contribution < 1.29 is 28.5 Å². The molecular formula is C29H37N3O6. The second-order valence-corrected chi connectivity index (χ2v) is 9.72. The van der Waals surface area contributed by atoms with Crippen LogP contribution in [0.1, 0.15) is 45.2 Å². The first kappa shape index (κ1) is 27.4. The summed E-state index contributed by atoms with van der Waals surface area (Å²) in [7, 11) is 3.20. The van der Waals surface area contributed by atoms with Crippen LogP contribution < -0.4 is 14.4 Å². The van der Waals surface area contributed by atoms with Crippen molar-refractivity contribution in [2.45, 2.75) is 39.7 Å². The number of carbonyl (C=O) groups excluding carboxylic acids is 2. The third-order valence-corrected chi connectivity index (χ3v) is 6.70. The van der Waals surface area contributed by atoms with Gasteiger partial charge in [-0.25, -0.2) is 4.98 Å². The van der Waals surface area contributed by atoms with E-state index in [0.717, 1.165) is 23.0 Å². The first-order valence-electron chi connectivity index (χ1n) is 13.2. The van der Waals surface area contributed by atoms with E-state index in [1.807, 2.05) is 47.0 Å². The van der Waals surface area contributed by atoms with Crippen molar-refractivity contribution in [1.82, 2.24) is 9.55 Å². The predicted octanol–water partition coefficient (Wildman–Crippen LogP) is 4.62. The molecule has 0 spiro atoms. The Kier molecular flexibility index (Phi) is 8.89. The Balaban J connectivity index is 1.85. The van der Waals surface area contributed by atoms with E-state index >= 15 is 0 Å². The fraction of sp³-hybridized carbons (Fsp3) is 0.483. The van der Waals surface area contributed by atoms with Crippen LogP contribution >= 0.6 is 0 Å². The minimum absolute atomic E-state index is 0.169. The Morgan fingerprint density at radius 3 is 2.58 bits per heavy atom. The first-order valence-corrected chi connectivity index (χ1v) is 13.2. The van der Waals surface area contributed by atoms with Crippen LogP contribution in [0.5, 0.6) is 11.5 Å². The molecule has 38 heavy (non-hydrogen) atoms. The Labute approximate surface area is 223 Å². The summed E-state index contributed by atoms with van der Waals surface area (Å²) in [6.45, 7) is 7.60. The maximum absolute atomic E-state index is 14.0. The molecule has 1 aliphatic rings. The SMILES string of the molecule is CCOC(=O)C1C(=O)N(CCCOC)c2nc3ccccc3n2C1c1ccc(OCCC(C)C)c(OC)c1. The van der Waals surface area contributed by atoms with Gasteiger partial charge in [0.25, 0.3) is 0 Å². The van der Waals surface area contributed by atoms with Gasteiger partial charge in [-0.1, -0.05) is 32.0 Å². The fourth-order valence-corrected chi connectivity index (χ4v) is 4.82. The number of aromatic nitrogens is 2. The highest BCUT2D eigenvalue weighted by Gasteiger charge is 2.47. The second-order valence-electron chi connectivity index (χ2n) is 9.72. The number of ether oxygens (including phenoxy) is 4. The molecule has 2 heterocycles. The number of esters is 1. The molecule has 9 heteroatoms. The molecule has 0 saturated heterocycles. The standard InChI is InChI=1S/C29H37N3O6/c1-6-37-28(34)25-26(20-12-13-23(24(18-20)36-5)38-17-14-19(2)3)32-22-11-8-7-10-21(22)30-29(32)31(27(25)33)15-9-16-35-4/h7-8,10-13,18-19,25-26H,6,9,14-17H2,1-5H3. The summed E-state index contributed by atoms with van der Waals surface area (Å²) < 4.78 is 24.3. The van der Waals surface area contributed by atoms with Gasteiger partial charge >= 0.3 is 5.97 Å². The van der Waals surface area contributed by atoms with Gasteiger partial charge in [0.1, 0.15) is 0 Å². The lowest BCUT2D eigenvalue weighted by atomic mass is 9.89. The third kappa shape index (κ3) is 5.48. The number of fused-ring (bicyclic) bond motifs is 3. The lowest BCUT2D eigenvalue weighted by molar-refractivity contribution is -0.153. The highest BCUT2D eigenvalue weighted by atomic mass is 16.5. The van der Waals surface area contributed by atoms with Crippen LogP contribution in [0.25, 0.3) is 11.0 Å². The van der Waals surface area contributed by atoms with Gasteiger partial charge in [-0.2, -0.15) is 0 Å². The van der Waals surface area contributed by atoms with Gasteiger partial charge in [0.2, 0.25) is 11.9 Å². The number of nitrogens with zero attached hydrogens (tertiary/aromatic N) is 3. The van der Waals surface area contributed by atoms with Crippen LogP contribution in [-0.4, -0.2) is 62.0 Å². The zero-order chi connectivity index (χ0) is 27.2. The van der Waals surface area contributed by atoms with Gasteiger partial charge in [-0.3, -0.25) is 14.5 Å². The average Bonchev–Trinajstić information content (AvgIpc) is 3.28. The molecule has 2 aromatic carbocycles. The van der Waals surface area contributed by atoms with Crippen molar-refractivity contribution in [3.8, 4) is 11.5 Å². The summed E-state index contributed by atoms with van der Waals surface area (Å²) in [6, 6.07) is 12.6. The predicted molar refractivity (Wildman–Crippen MR) is 145 cm³/mol. The normalized spacial score (nSPS) is 17.1. The molecule has 4 rings (SSSR count). The molecule has 0 N–H and O–H groups in total. The van der Waals surface area contributed by atoms with E-state index in [2.05, 4.69) is 13.8 Å². The molecular weight excluding hydrogens is 486 g/mol. The third-order valence-electron chi connectivity index (χ3n) is 6.70. The minimum atomic E-state index is -1.10. The zero-order valence-electron chi connectivity index (χ0n) is 22.8. The number of rotatable bonds is 12. The van der Waals surface area contributed by atoms with Crippen molar-refractivity contribution in [3.05, 3.63) is 48.0 Å². The summed E-state index contributed by atoms with van der Waals surface area (Å²) in [6.07, 6.45) is 1.51. The van der Waals surface area contributed by atoms with Crippen LogP contribution in [-0.2, 0) is 19.1 Å². The van der Waals surface area contributed by atoms with Gasteiger partial charge in [0, 0.05) is 20.3 Å². The minimum Gasteiger partial charge on any atom is -0.493 e. The summed E-state index contributed by atoms with van der Waals surface area (Å²) in [5.74, 6) is 0.147. The number of amides is 1. The molecule has 2 atom stereocenters. The van der Waals surface area contributed by atoms with Crippen molar-refractivity contribution in [1.29, 1.82) is 0 Å². The maximum Gasteiger partial charge on any atom is 0.321 e. The number of benzene rings is 2. The van der Waals surface area contributed by atoms with Crippen LogP contribution in [0.2, 0.25) is 0 Å². The fourth-order valence-electron chi connectivity index (χ4n) is 4.82. The number of hydrogen-bond acceptors (Lipinski definition) is 7. The van der Waals surface area contributed by atoms with Crippen molar-refractivity contribution in [2.75, 3.05) is 45.5 Å². The molecule has 204 valence electrons. The Morgan fingerprint density at radius 1 is 1.08 bits per heavy atom. The van der Waals surface area contributed by atoms with Crippen molar-refractivity contribution >= 4 is 28.9 Å². The topological polar surface area (TPSA) is 92.1 Å². The van der Waals surface area contributed by atoms with E-state index in [0.29, 0.717) is 49.5 Å². The zero-order valence-corrected chi connectivity index (χ0v) is 22.8. The van der Waals surface area contributed by atoms with E-state index in [-0.39, 0.29) is 12.5 Å². The Bertz CT molecular complexity index is 1270. The van der Waals surface area contributed by atoms with Gasteiger partial charge < -0.3 is 23.5 Å². The Morgan fingerprint density at radius 2 is 1.87 bits per heavy atom. The Hall–Kier alpha value is -3.59. The monoisotopic (exact) mass is 523 g/mol. The number of hydrogen-bond donors (Lipinski definition) is 0. The van der Waals surface area contributed by atoms with Crippen molar-refractivity contribution in [2.24, 2.45) is 11.8 Å². The number of imidazole rings is 1. The van der Waals surface area contributed by atoms with Crippen LogP contribution in [0, 0.1) is 11.8 Å². The largest absolute Gasteiger partial charge is 0.493 e. The number of carbonyl (C=O) groups is 2.